The van der Waals surface area contributed by atoms with Gasteiger partial charge < -0.3 is 10.4 Å². The van der Waals surface area contributed by atoms with E-state index in [-0.39, 0.29) is 5.60 Å². The van der Waals surface area contributed by atoms with Gasteiger partial charge in [0.15, 0.2) is 0 Å². The second kappa shape index (κ2) is 5.85. The fraction of sp³-hybridized carbons (Fsp3) is 0.727. The SMILES string of the molecule is Cc1ccc(C[C@H](C)N[C@H](C)C23C[C@@H]4C[C@@H](CC(O)(C4)C2)C3)cc1. The van der Waals surface area contributed by atoms with Crippen LogP contribution in [0.1, 0.15) is 63.5 Å². The first-order valence-electron chi connectivity index (χ1n) is 9.90. The van der Waals surface area contributed by atoms with Gasteiger partial charge in [0.05, 0.1) is 5.60 Å². The molecule has 0 heterocycles. The number of rotatable bonds is 5. The Bertz CT molecular complexity index is 578. The summed E-state index contributed by atoms with van der Waals surface area (Å²) >= 11 is 0. The Morgan fingerprint density at radius 2 is 1.71 bits per heavy atom. The number of aliphatic hydroxyl groups is 1. The highest BCUT2D eigenvalue weighted by atomic mass is 16.3. The smallest absolute Gasteiger partial charge is 0.0659 e. The van der Waals surface area contributed by atoms with E-state index in [1.807, 2.05) is 0 Å². The third-order valence-electron chi connectivity index (χ3n) is 7.19. The molecular formula is C22H33NO. The van der Waals surface area contributed by atoms with Gasteiger partial charge in [-0.25, -0.2) is 0 Å². The second-order valence-corrected chi connectivity index (χ2v) is 9.53. The van der Waals surface area contributed by atoms with Crippen LogP contribution in [0.4, 0.5) is 0 Å². The molecule has 0 aliphatic heterocycles. The lowest BCUT2D eigenvalue weighted by Crippen LogP contribution is -2.62. The second-order valence-electron chi connectivity index (χ2n) is 9.53. The Labute approximate surface area is 147 Å². The molecule has 0 radical (unpaired) electrons. The quantitative estimate of drug-likeness (QED) is 0.848. The predicted molar refractivity (Wildman–Crippen MR) is 99.0 cm³/mol. The lowest BCUT2D eigenvalue weighted by Gasteiger charge is -2.62. The average Bonchev–Trinajstić information content (AvgIpc) is 2.47. The van der Waals surface area contributed by atoms with Crippen molar-refractivity contribution in [2.24, 2.45) is 17.3 Å². The topological polar surface area (TPSA) is 32.3 Å². The molecule has 4 aliphatic carbocycles. The minimum atomic E-state index is -0.347. The Hall–Kier alpha value is -0.860. The van der Waals surface area contributed by atoms with Crippen LogP contribution < -0.4 is 5.32 Å². The molecule has 6 atom stereocenters. The van der Waals surface area contributed by atoms with Gasteiger partial charge in [-0.05, 0) is 88.5 Å². The molecule has 4 bridgehead atoms. The zero-order valence-electron chi connectivity index (χ0n) is 15.5. The van der Waals surface area contributed by atoms with Crippen LogP contribution >= 0.6 is 0 Å². The van der Waals surface area contributed by atoms with Gasteiger partial charge in [-0.1, -0.05) is 29.8 Å². The molecule has 132 valence electrons. The summed E-state index contributed by atoms with van der Waals surface area (Å²) in [5.41, 5.74) is 2.73. The van der Waals surface area contributed by atoms with Gasteiger partial charge in [0.25, 0.3) is 0 Å². The molecule has 24 heavy (non-hydrogen) atoms. The van der Waals surface area contributed by atoms with Gasteiger partial charge in [-0.2, -0.15) is 0 Å². The van der Waals surface area contributed by atoms with Crippen LogP contribution in [0, 0.1) is 24.2 Å². The maximum Gasteiger partial charge on any atom is 0.0659 e. The molecule has 2 unspecified atom stereocenters. The molecular weight excluding hydrogens is 294 g/mol. The van der Waals surface area contributed by atoms with Crippen molar-refractivity contribution in [1.29, 1.82) is 0 Å². The van der Waals surface area contributed by atoms with E-state index in [2.05, 4.69) is 50.4 Å². The highest BCUT2D eigenvalue weighted by molar-refractivity contribution is 5.22. The molecule has 2 heteroatoms. The van der Waals surface area contributed by atoms with Crippen molar-refractivity contribution in [3.63, 3.8) is 0 Å². The first kappa shape index (κ1) is 16.6. The number of nitrogens with one attached hydrogen (secondary N) is 1. The Morgan fingerprint density at radius 1 is 1.08 bits per heavy atom. The normalized spacial score (nSPS) is 39.8. The van der Waals surface area contributed by atoms with E-state index in [0.29, 0.717) is 17.5 Å². The fourth-order valence-corrected chi connectivity index (χ4v) is 6.53. The van der Waals surface area contributed by atoms with Crippen LogP contribution in [0.25, 0.3) is 0 Å². The van der Waals surface area contributed by atoms with E-state index < -0.39 is 0 Å². The maximum absolute atomic E-state index is 11.0. The molecule has 4 fully saturated rings. The molecule has 4 aliphatic rings. The molecule has 0 amide bonds. The van der Waals surface area contributed by atoms with Crippen LogP contribution in [0.2, 0.25) is 0 Å². The molecule has 4 saturated carbocycles. The Morgan fingerprint density at radius 3 is 2.29 bits per heavy atom. The molecule has 5 rings (SSSR count). The highest BCUT2D eigenvalue weighted by Crippen LogP contribution is 2.62. The van der Waals surface area contributed by atoms with E-state index in [9.17, 15) is 5.11 Å². The summed E-state index contributed by atoms with van der Waals surface area (Å²) in [7, 11) is 0. The summed E-state index contributed by atoms with van der Waals surface area (Å²) in [5, 5.41) is 14.9. The summed E-state index contributed by atoms with van der Waals surface area (Å²) in [4.78, 5) is 0. The van der Waals surface area contributed by atoms with Crippen molar-refractivity contribution in [2.45, 2.75) is 83.4 Å². The van der Waals surface area contributed by atoms with Gasteiger partial charge in [-0.15, -0.1) is 0 Å². The highest BCUT2D eigenvalue weighted by Gasteiger charge is 2.58. The summed E-state index contributed by atoms with van der Waals surface area (Å²) in [6.45, 7) is 6.83. The standard InChI is InChI=1S/C22H33NO/c1-15-4-6-18(7-5-15)8-16(2)23-17(3)21-10-19-9-20(11-21)13-22(24,12-19)14-21/h4-7,16-17,19-20,23-24H,8-14H2,1-3H3/t16-,17+,19-,20+,21?,22?/m0/s1. The monoisotopic (exact) mass is 327 g/mol. The molecule has 1 aromatic rings. The van der Waals surface area contributed by atoms with E-state index in [4.69, 9.17) is 0 Å². The van der Waals surface area contributed by atoms with E-state index in [0.717, 1.165) is 37.5 Å². The molecule has 0 spiro atoms. The van der Waals surface area contributed by atoms with Crippen LogP contribution in [-0.2, 0) is 6.42 Å². The van der Waals surface area contributed by atoms with E-state index >= 15 is 0 Å². The summed E-state index contributed by atoms with van der Waals surface area (Å²) in [5.74, 6) is 1.54. The molecule has 0 aromatic heterocycles. The van der Waals surface area contributed by atoms with Crippen molar-refractivity contribution in [1.82, 2.24) is 5.32 Å². The van der Waals surface area contributed by atoms with Gasteiger partial charge in [0.2, 0.25) is 0 Å². The van der Waals surface area contributed by atoms with Crippen molar-refractivity contribution < 1.29 is 5.11 Å². The van der Waals surface area contributed by atoms with Gasteiger partial charge in [-0.3, -0.25) is 0 Å². The minimum Gasteiger partial charge on any atom is -0.390 e. The lowest BCUT2D eigenvalue weighted by atomic mass is 9.46. The van der Waals surface area contributed by atoms with Crippen molar-refractivity contribution >= 4 is 0 Å². The largest absolute Gasteiger partial charge is 0.390 e. The zero-order chi connectivity index (χ0) is 16.9. The number of hydrogen-bond acceptors (Lipinski definition) is 2. The van der Waals surface area contributed by atoms with Crippen LogP contribution in [0.15, 0.2) is 24.3 Å². The van der Waals surface area contributed by atoms with Crippen molar-refractivity contribution in [2.75, 3.05) is 0 Å². The van der Waals surface area contributed by atoms with Crippen LogP contribution in [0.3, 0.4) is 0 Å². The maximum atomic E-state index is 11.0. The average molecular weight is 328 g/mol. The molecule has 0 saturated heterocycles. The number of aryl methyl sites for hydroxylation is 1. The van der Waals surface area contributed by atoms with Crippen molar-refractivity contribution in [3.8, 4) is 0 Å². The number of benzene rings is 1. The number of hydrogen-bond donors (Lipinski definition) is 2. The first-order valence-corrected chi connectivity index (χ1v) is 9.90. The Balaban J connectivity index is 1.42. The van der Waals surface area contributed by atoms with E-state index in [1.165, 1.54) is 30.4 Å². The van der Waals surface area contributed by atoms with Crippen molar-refractivity contribution in [3.05, 3.63) is 35.4 Å². The van der Waals surface area contributed by atoms with Gasteiger partial charge in [0, 0.05) is 12.1 Å². The predicted octanol–water partition coefficient (Wildman–Crippen LogP) is 4.24. The zero-order valence-corrected chi connectivity index (χ0v) is 15.5. The molecule has 2 N–H and O–H groups in total. The molecule has 1 aromatic carbocycles. The van der Waals surface area contributed by atoms with Gasteiger partial charge in [0.1, 0.15) is 0 Å². The third kappa shape index (κ3) is 3.04. The first-order chi connectivity index (χ1) is 11.4. The summed E-state index contributed by atoms with van der Waals surface area (Å²) in [6, 6.07) is 9.90. The van der Waals surface area contributed by atoms with Crippen LogP contribution in [-0.4, -0.2) is 22.8 Å². The van der Waals surface area contributed by atoms with Crippen LogP contribution in [0.5, 0.6) is 0 Å². The summed E-state index contributed by atoms with van der Waals surface area (Å²) in [6.07, 6.45) is 8.27. The van der Waals surface area contributed by atoms with E-state index in [1.54, 1.807) is 0 Å². The minimum absolute atomic E-state index is 0.334. The lowest BCUT2D eigenvalue weighted by molar-refractivity contribution is -0.172. The summed E-state index contributed by atoms with van der Waals surface area (Å²) < 4.78 is 0. The Kier molecular flexibility index (Phi) is 4.04. The third-order valence-corrected chi connectivity index (χ3v) is 7.19. The fourth-order valence-electron chi connectivity index (χ4n) is 6.53. The van der Waals surface area contributed by atoms with Gasteiger partial charge >= 0.3 is 0 Å². The molecule has 2 nitrogen and oxygen atoms in total.